The van der Waals surface area contributed by atoms with Gasteiger partial charge in [0.05, 0.1) is 34.4 Å². The first-order chi connectivity index (χ1) is 9.19. The van der Waals surface area contributed by atoms with Crippen molar-refractivity contribution in [1.82, 2.24) is 0 Å². The molecule has 5 heteroatoms. The molecule has 1 aliphatic heterocycles. The molecule has 0 fully saturated rings. The maximum absolute atomic E-state index is 11.5. The topological polar surface area (TPSA) is 54.0 Å². The van der Waals surface area contributed by atoms with Crippen molar-refractivity contribution in [3.63, 3.8) is 0 Å². The molecule has 1 heterocycles. The van der Waals surface area contributed by atoms with Gasteiger partial charge >= 0.3 is 5.97 Å². The third-order valence-corrected chi connectivity index (χ3v) is 3.31. The number of hydrogen-bond donors (Lipinski definition) is 0. The lowest BCUT2D eigenvalue weighted by Crippen LogP contribution is -2.18. The first kappa shape index (κ1) is 13.5. The molecule has 1 unspecified atom stereocenters. The Kier molecular flexibility index (Phi) is 4.14. The van der Waals surface area contributed by atoms with E-state index in [4.69, 9.17) is 18.9 Å². The van der Waals surface area contributed by atoms with Crippen LogP contribution in [-0.2, 0) is 9.53 Å². The van der Waals surface area contributed by atoms with Gasteiger partial charge in [-0.15, -0.1) is 0 Å². The molecule has 0 saturated heterocycles. The second kappa shape index (κ2) is 5.82. The minimum absolute atomic E-state index is 0.0528. The Bertz CT molecular complexity index is 452. The molecule has 19 heavy (non-hydrogen) atoms. The largest absolute Gasteiger partial charge is 0.496 e. The minimum atomic E-state index is -0.226. The zero-order valence-electron chi connectivity index (χ0n) is 11.4. The number of benzene rings is 1. The number of carbonyl (C=O) groups excluding carboxylic acids is 1. The van der Waals surface area contributed by atoms with E-state index in [1.54, 1.807) is 20.3 Å². The number of esters is 1. The summed E-state index contributed by atoms with van der Waals surface area (Å²) in [4.78, 5) is 11.5. The van der Waals surface area contributed by atoms with E-state index in [1.807, 2.05) is 6.07 Å². The van der Waals surface area contributed by atoms with Gasteiger partial charge in [0.25, 0.3) is 0 Å². The zero-order valence-corrected chi connectivity index (χ0v) is 11.4. The van der Waals surface area contributed by atoms with Crippen LogP contribution in [0.4, 0.5) is 0 Å². The van der Waals surface area contributed by atoms with Crippen LogP contribution in [-0.4, -0.2) is 33.9 Å². The van der Waals surface area contributed by atoms with Crippen LogP contribution in [0.3, 0.4) is 0 Å². The van der Waals surface area contributed by atoms with Gasteiger partial charge < -0.3 is 18.9 Å². The van der Waals surface area contributed by atoms with E-state index in [0.717, 1.165) is 17.7 Å². The molecule has 1 aliphatic rings. The molecule has 0 amide bonds. The van der Waals surface area contributed by atoms with Crippen LogP contribution < -0.4 is 14.2 Å². The average Bonchev–Trinajstić information content (AvgIpc) is 2.45. The zero-order chi connectivity index (χ0) is 13.8. The van der Waals surface area contributed by atoms with E-state index in [1.165, 1.54) is 7.11 Å². The molecule has 0 N–H and O–H groups in total. The molecule has 2 rings (SSSR count). The van der Waals surface area contributed by atoms with Crippen molar-refractivity contribution in [3.8, 4) is 17.2 Å². The van der Waals surface area contributed by atoms with Crippen molar-refractivity contribution >= 4 is 5.97 Å². The van der Waals surface area contributed by atoms with E-state index < -0.39 is 0 Å². The molecule has 0 spiro atoms. The van der Waals surface area contributed by atoms with Crippen LogP contribution in [0.5, 0.6) is 17.2 Å². The van der Waals surface area contributed by atoms with E-state index in [2.05, 4.69) is 0 Å². The number of methoxy groups -OCH3 is 3. The lowest BCUT2D eigenvalue weighted by Gasteiger charge is -2.27. The first-order valence-electron chi connectivity index (χ1n) is 6.15. The van der Waals surface area contributed by atoms with Gasteiger partial charge in [-0.25, -0.2) is 0 Å². The Morgan fingerprint density at radius 3 is 2.74 bits per heavy atom. The molecule has 1 atom stereocenters. The average molecular weight is 266 g/mol. The number of fused-ring (bicyclic) bond motifs is 1. The lowest BCUT2D eigenvalue weighted by molar-refractivity contribution is -0.141. The normalized spacial score (nSPS) is 17.1. The van der Waals surface area contributed by atoms with Crippen molar-refractivity contribution in [1.29, 1.82) is 0 Å². The van der Waals surface area contributed by atoms with E-state index in [-0.39, 0.29) is 11.9 Å². The lowest BCUT2D eigenvalue weighted by atomic mass is 9.89. The number of rotatable bonds is 4. The van der Waals surface area contributed by atoms with Crippen LogP contribution in [0.1, 0.15) is 24.3 Å². The fourth-order valence-electron chi connectivity index (χ4n) is 2.33. The third-order valence-electron chi connectivity index (χ3n) is 3.31. The van der Waals surface area contributed by atoms with Gasteiger partial charge in [-0.2, -0.15) is 0 Å². The summed E-state index contributed by atoms with van der Waals surface area (Å²) in [5, 5.41) is 0. The summed E-state index contributed by atoms with van der Waals surface area (Å²) in [5.74, 6) is 1.90. The van der Waals surface area contributed by atoms with Crippen molar-refractivity contribution < 1.29 is 23.7 Å². The van der Waals surface area contributed by atoms with Gasteiger partial charge in [0, 0.05) is 23.6 Å². The molecule has 1 aromatic rings. The Morgan fingerprint density at radius 2 is 2.11 bits per heavy atom. The smallest absolute Gasteiger partial charge is 0.306 e. The van der Waals surface area contributed by atoms with Gasteiger partial charge in [-0.05, 0) is 6.42 Å². The molecule has 0 aromatic heterocycles. The van der Waals surface area contributed by atoms with E-state index in [0.29, 0.717) is 24.5 Å². The van der Waals surface area contributed by atoms with Crippen LogP contribution in [0, 0.1) is 0 Å². The molecule has 0 aliphatic carbocycles. The van der Waals surface area contributed by atoms with Crippen LogP contribution in [0.2, 0.25) is 0 Å². The summed E-state index contributed by atoms with van der Waals surface area (Å²) in [7, 11) is 4.59. The Hall–Kier alpha value is -1.91. The maximum atomic E-state index is 11.5. The molecule has 5 nitrogen and oxygen atoms in total. The second-order valence-electron chi connectivity index (χ2n) is 4.36. The van der Waals surface area contributed by atoms with Crippen LogP contribution >= 0.6 is 0 Å². The number of hydrogen-bond acceptors (Lipinski definition) is 5. The molecule has 104 valence electrons. The Balaban J connectivity index is 2.38. The molecular weight excluding hydrogens is 248 g/mol. The predicted molar refractivity (Wildman–Crippen MR) is 69.0 cm³/mol. The highest BCUT2D eigenvalue weighted by molar-refractivity contribution is 5.71. The van der Waals surface area contributed by atoms with Gasteiger partial charge in [0.1, 0.15) is 17.2 Å². The summed E-state index contributed by atoms with van der Waals surface area (Å²) in [5.41, 5.74) is 0.917. The van der Waals surface area contributed by atoms with E-state index in [9.17, 15) is 4.79 Å². The highest BCUT2D eigenvalue weighted by Gasteiger charge is 2.28. The molecule has 0 bridgehead atoms. The Morgan fingerprint density at radius 1 is 1.32 bits per heavy atom. The highest BCUT2D eigenvalue weighted by Crippen LogP contribution is 2.44. The Labute approximate surface area is 112 Å². The minimum Gasteiger partial charge on any atom is -0.496 e. The van der Waals surface area contributed by atoms with Crippen molar-refractivity contribution in [2.45, 2.75) is 18.8 Å². The van der Waals surface area contributed by atoms with Crippen molar-refractivity contribution in [2.24, 2.45) is 0 Å². The number of ether oxygens (including phenoxy) is 4. The van der Waals surface area contributed by atoms with Gasteiger partial charge in [-0.3, -0.25) is 4.79 Å². The number of carbonyl (C=O) groups is 1. The monoisotopic (exact) mass is 266 g/mol. The van der Waals surface area contributed by atoms with E-state index >= 15 is 0 Å². The van der Waals surface area contributed by atoms with Crippen molar-refractivity contribution in [2.75, 3.05) is 27.9 Å². The summed E-state index contributed by atoms with van der Waals surface area (Å²) < 4.78 is 21.0. The third kappa shape index (κ3) is 2.75. The fourth-order valence-corrected chi connectivity index (χ4v) is 2.33. The van der Waals surface area contributed by atoms with Gasteiger partial charge in [0.15, 0.2) is 0 Å². The standard InChI is InChI=1S/C14H18O5/c1-16-10-7-11(17-2)14-9(6-13(15)18-3)4-5-19-12(14)8-10/h7-9H,4-6H2,1-3H3. The van der Waals surface area contributed by atoms with Gasteiger partial charge in [0.2, 0.25) is 0 Å². The van der Waals surface area contributed by atoms with Crippen LogP contribution in [0.25, 0.3) is 0 Å². The predicted octanol–water partition coefficient (Wildman–Crippen LogP) is 2.13. The second-order valence-corrected chi connectivity index (χ2v) is 4.36. The summed E-state index contributed by atoms with van der Waals surface area (Å²) in [6.07, 6.45) is 1.10. The molecule has 1 aromatic carbocycles. The summed E-state index contributed by atoms with van der Waals surface area (Å²) >= 11 is 0. The summed E-state index contributed by atoms with van der Waals surface area (Å²) in [6.45, 7) is 0.574. The maximum Gasteiger partial charge on any atom is 0.306 e. The van der Waals surface area contributed by atoms with Crippen LogP contribution in [0.15, 0.2) is 12.1 Å². The molecule has 0 saturated carbocycles. The molecule has 0 radical (unpaired) electrons. The van der Waals surface area contributed by atoms with Crippen molar-refractivity contribution in [3.05, 3.63) is 17.7 Å². The van der Waals surface area contributed by atoms with Gasteiger partial charge in [-0.1, -0.05) is 0 Å². The SMILES string of the molecule is COC(=O)CC1CCOc2cc(OC)cc(OC)c21. The summed E-state index contributed by atoms with van der Waals surface area (Å²) in [6, 6.07) is 3.62. The molecular formula is C14H18O5. The fraction of sp³-hybridized carbons (Fsp3) is 0.500. The quantitative estimate of drug-likeness (QED) is 0.781. The highest BCUT2D eigenvalue weighted by atomic mass is 16.5. The first-order valence-corrected chi connectivity index (χ1v) is 6.15.